The number of hydrogen-bond donors (Lipinski definition) is 1. The third-order valence-electron chi connectivity index (χ3n) is 0.882. The van der Waals surface area contributed by atoms with Gasteiger partial charge in [0.2, 0.25) is 0 Å². The van der Waals surface area contributed by atoms with Gasteiger partial charge in [-0.25, -0.2) is 12.6 Å². The lowest BCUT2D eigenvalue weighted by Gasteiger charge is -2.02. The molecule has 0 rings (SSSR count). The van der Waals surface area contributed by atoms with Crippen molar-refractivity contribution in [2.45, 2.75) is 12.2 Å². The van der Waals surface area contributed by atoms with Crippen LogP contribution in [0, 0.1) is 0 Å². The van der Waals surface area contributed by atoms with Gasteiger partial charge in [-0.05, 0) is 6.92 Å². The fourth-order valence-electron chi connectivity index (χ4n) is 0.485. The Labute approximate surface area is 62.8 Å². The van der Waals surface area contributed by atoms with Crippen molar-refractivity contribution in [2.24, 2.45) is 0 Å². The van der Waals surface area contributed by atoms with Crippen molar-refractivity contribution in [1.29, 1.82) is 0 Å². The minimum atomic E-state index is -3.12. The predicted molar refractivity (Wildman–Crippen MR) is 39.9 cm³/mol. The Bertz CT molecular complexity index is 217. The standard InChI is InChI=1S/C4H10O4S2/c1-4(9(5)6)3-10(2,7)8/h4H,3H2,1-2H3,(H,5,6). The van der Waals surface area contributed by atoms with Crippen LogP contribution < -0.4 is 0 Å². The molecular weight excluding hydrogens is 176 g/mol. The van der Waals surface area contributed by atoms with Gasteiger partial charge >= 0.3 is 0 Å². The van der Waals surface area contributed by atoms with E-state index in [1.54, 1.807) is 0 Å². The molecule has 0 fully saturated rings. The van der Waals surface area contributed by atoms with Crippen LogP contribution >= 0.6 is 0 Å². The Kier molecular flexibility index (Phi) is 3.47. The molecule has 4 nitrogen and oxygen atoms in total. The maximum atomic E-state index is 10.5. The summed E-state index contributed by atoms with van der Waals surface area (Å²) < 4.78 is 39.6. The van der Waals surface area contributed by atoms with Gasteiger partial charge in [0.15, 0.2) is 11.1 Å². The second-order valence-corrected chi connectivity index (χ2v) is 5.72. The maximum Gasteiger partial charge on any atom is 0.156 e. The van der Waals surface area contributed by atoms with E-state index in [0.29, 0.717) is 0 Å². The third kappa shape index (κ3) is 4.89. The predicted octanol–water partition coefficient (Wildman–Crippen LogP) is -0.359. The Hall–Kier alpha value is 0.0600. The lowest BCUT2D eigenvalue weighted by Crippen LogP contribution is -2.21. The summed E-state index contributed by atoms with van der Waals surface area (Å²) in [4.78, 5) is 0. The summed E-state index contributed by atoms with van der Waals surface area (Å²) >= 11 is -2.04. The molecule has 0 aliphatic rings. The van der Waals surface area contributed by atoms with E-state index in [4.69, 9.17) is 4.55 Å². The third-order valence-corrected chi connectivity index (χ3v) is 3.05. The smallest absolute Gasteiger partial charge is 0.156 e. The summed E-state index contributed by atoms with van der Waals surface area (Å²) in [5.74, 6) is -0.240. The van der Waals surface area contributed by atoms with Gasteiger partial charge in [0.25, 0.3) is 0 Å². The molecule has 0 aromatic heterocycles. The highest BCUT2D eigenvalue weighted by Crippen LogP contribution is 1.96. The second-order valence-electron chi connectivity index (χ2n) is 2.18. The number of hydrogen-bond acceptors (Lipinski definition) is 3. The van der Waals surface area contributed by atoms with E-state index in [2.05, 4.69) is 0 Å². The zero-order valence-electron chi connectivity index (χ0n) is 5.77. The molecule has 0 saturated heterocycles. The number of sulfone groups is 1. The summed E-state index contributed by atoms with van der Waals surface area (Å²) in [7, 11) is -3.12. The molecule has 6 heteroatoms. The highest BCUT2D eigenvalue weighted by molar-refractivity contribution is 7.91. The Morgan fingerprint density at radius 1 is 1.60 bits per heavy atom. The lowest BCUT2D eigenvalue weighted by molar-refractivity contribution is 0.552. The van der Waals surface area contributed by atoms with E-state index >= 15 is 0 Å². The normalized spacial score (nSPS) is 18.3. The van der Waals surface area contributed by atoms with Crippen LogP contribution in [0.5, 0.6) is 0 Å². The molecule has 2 atom stereocenters. The molecule has 0 aromatic rings. The average molecular weight is 186 g/mol. The summed E-state index contributed by atoms with van der Waals surface area (Å²) in [6.07, 6.45) is 1.04. The molecular formula is C4H10O4S2. The highest BCUT2D eigenvalue weighted by atomic mass is 32.2. The van der Waals surface area contributed by atoms with Crippen molar-refractivity contribution >= 4 is 20.9 Å². The van der Waals surface area contributed by atoms with Gasteiger partial charge < -0.3 is 4.55 Å². The first kappa shape index (κ1) is 10.1. The fraction of sp³-hybridized carbons (Fsp3) is 1.00. The van der Waals surface area contributed by atoms with Crippen LogP contribution in [0.15, 0.2) is 0 Å². The molecule has 0 radical (unpaired) electrons. The van der Waals surface area contributed by atoms with Gasteiger partial charge in [0.05, 0.1) is 11.0 Å². The van der Waals surface area contributed by atoms with E-state index in [-0.39, 0.29) is 5.75 Å². The Morgan fingerprint density at radius 3 is 2.10 bits per heavy atom. The molecule has 0 aromatic carbocycles. The minimum absolute atomic E-state index is 0.240. The monoisotopic (exact) mass is 186 g/mol. The summed E-state index contributed by atoms with van der Waals surface area (Å²) in [5.41, 5.74) is 0. The van der Waals surface area contributed by atoms with Crippen LogP contribution in [0.25, 0.3) is 0 Å². The topological polar surface area (TPSA) is 71.4 Å². The maximum absolute atomic E-state index is 10.5. The van der Waals surface area contributed by atoms with Gasteiger partial charge in [-0.3, -0.25) is 0 Å². The van der Waals surface area contributed by atoms with Crippen molar-refractivity contribution < 1.29 is 17.2 Å². The van der Waals surface area contributed by atoms with E-state index in [0.717, 1.165) is 6.26 Å². The quantitative estimate of drug-likeness (QED) is 0.611. The molecule has 0 spiro atoms. The zero-order chi connectivity index (χ0) is 8.36. The first-order chi connectivity index (χ1) is 4.33. The SMILES string of the molecule is CC(CS(C)(=O)=O)S(=O)O. The summed E-state index contributed by atoms with van der Waals surface area (Å²) in [6, 6.07) is 0. The zero-order valence-corrected chi connectivity index (χ0v) is 7.41. The first-order valence-corrected chi connectivity index (χ1v) is 5.83. The molecule has 1 N–H and O–H groups in total. The molecule has 0 bridgehead atoms. The largest absolute Gasteiger partial charge is 0.306 e. The summed E-state index contributed by atoms with van der Waals surface area (Å²) in [6.45, 7) is 1.41. The Balaban J connectivity index is 4.06. The van der Waals surface area contributed by atoms with Crippen LogP contribution in [0.3, 0.4) is 0 Å². The van der Waals surface area contributed by atoms with Crippen LogP contribution in [-0.4, -0.2) is 34.4 Å². The van der Waals surface area contributed by atoms with Crippen molar-refractivity contribution in [2.75, 3.05) is 12.0 Å². The van der Waals surface area contributed by atoms with Crippen molar-refractivity contribution in [3.63, 3.8) is 0 Å². The highest BCUT2D eigenvalue weighted by Gasteiger charge is 2.14. The number of rotatable bonds is 3. The van der Waals surface area contributed by atoms with Crippen LogP contribution in [0.1, 0.15) is 6.92 Å². The molecule has 0 aliphatic heterocycles. The lowest BCUT2D eigenvalue weighted by atomic mass is 10.6. The van der Waals surface area contributed by atoms with Gasteiger partial charge in [-0.15, -0.1) is 0 Å². The van der Waals surface area contributed by atoms with Gasteiger partial charge in [0, 0.05) is 6.26 Å². The van der Waals surface area contributed by atoms with Gasteiger partial charge in [-0.2, -0.15) is 0 Å². The molecule has 10 heavy (non-hydrogen) atoms. The van der Waals surface area contributed by atoms with Gasteiger partial charge in [-0.1, -0.05) is 0 Å². The molecule has 0 aliphatic carbocycles. The van der Waals surface area contributed by atoms with Crippen molar-refractivity contribution in [3.8, 4) is 0 Å². The van der Waals surface area contributed by atoms with E-state index in [9.17, 15) is 12.6 Å². The van der Waals surface area contributed by atoms with E-state index < -0.39 is 26.2 Å². The fourth-order valence-corrected chi connectivity index (χ4v) is 2.54. The minimum Gasteiger partial charge on any atom is -0.306 e. The van der Waals surface area contributed by atoms with Crippen LogP contribution in [0.4, 0.5) is 0 Å². The van der Waals surface area contributed by atoms with Gasteiger partial charge in [0.1, 0.15) is 9.84 Å². The van der Waals surface area contributed by atoms with Crippen LogP contribution in [0.2, 0.25) is 0 Å². The summed E-state index contributed by atoms with van der Waals surface area (Å²) in [5, 5.41) is -0.699. The van der Waals surface area contributed by atoms with E-state index in [1.807, 2.05) is 0 Å². The molecule has 2 unspecified atom stereocenters. The van der Waals surface area contributed by atoms with Crippen LogP contribution in [-0.2, 0) is 20.9 Å². The Morgan fingerprint density at radius 2 is 2.00 bits per heavy atom. The van der Waals surface area contributed by atoms with E-state index in [1.165, 1.54) is 6.92 Å². The van der Waals surface area contributed by atoms with Crippen molar-refractivity contribution in [1.82, 2.24) is 0 Å². The molecule has 0 amide bonds. The first-order valence-electron chi connectivity index (χ1n) is 2.60. The average Bonchev–Trinajstić information content (AvgIpc) is 1.60. The molecule has 0 heterocycles. The molecule has 0 saturated carbocycles. The van der Waals surface area contributed by atoms with Crippen molar-refractivity contribution in [3.05, 3.63) is 0 Å². The second kappa shape index (κ2) is 3.45. The molecule has 62 valence electrons.